The number of nitrogens with one attached hydrogen (secondary N) is 1. The predicted molar refractivity (Wildman–Crippen MR) is 83.4 cm³/mol. The molecule has 0 aromatic heterocycles. The molecule has 3 radical (unpaired) electrons. The molecule has 1 rings (SSSR count). The van der Waals surface area contributed by atoms with E-state index in [1.807, 2.05) is 0 Å². The van der Waals surface area contributed by atoms with Crippen LogP contribution in [-0.2, 0) is 10.8 Å². The van der Waals surface area contributed by atoms with E-state index in [9.17, 15) is 0 Å². The number of hydrogen-bond acceptors (Lipinski definition) is 1. The first-order valence-corrected chi connectivity index (χ1v) is 7.22. The Morgan fingerprint density at radius 1 is 0.944 bits per heavy atom. The first-order chi connectivity index (χ1) is 8.09. The largest absolute Gasteiger partial charge is 0.385 e. The SMILES string of the molecule is CCNc1ccc([Si])c(C(C)(C)C)c1C(C)(C)C. The summed E-state index contributed by atoms with van der Waals surface area (Å²) < 4.78 is 0. The zero-order chi connectivity index (χ0) is 14.1. The molecule has 0 aliphatic heterocycles. The van der Waals surface area contributed by atoms with Gasteiger partial charge in [-0.25, -0.2) is 0 Å². The summed E-state index contributed by atoms with van der Waals surface area (Å²) in [5.74, 6) is 0. The van der Waals surface area contributed by atoms with Crippen LogP contribution in [0.1, 0.15) is 59.6 Å². The molecule has 0 atom stereocenters. The van der Waals surface area contributed by atoms with Crippen LogP contribution >= 0.6 is 0 Å². The summed E-state index contributed by atoms with van der Waals surface area (Å²) in [6.45, 7) is 16.8. The van der Waals surface area contributed by atoms with Gasteiger partial charge in [-0.3, -0.25) is 0 Å². The fourth-order valence-electron chi connectivity index (χ4n) is 2.50. The molecule has 0 amide bonds. The monoisotopic (exact) mass is 260 g/mol. The van der Waals surface area contributed by atoms with Crippen LogP contribution in [0.15, 0.2) is 12.1 Å². The zero-order valence-corrected chi connectivity index (χ0v) is 13.9. The molecule has 1 aromatic rings. The average Bonchev–Trinajstić information content (AvgIpc) is 2.17. The van der Waals surface area contributed by atoms with E-state index in [1.54, 1.807) is 0 Å². The van der Waals surface area contributed by atoms with E-state index in [-0.39, 0.29) is 10.8 Å². The van der Waals surface area contributed by atoms with Crippen molar-refractivity contribution >= 4 is 21.1 Å². The minimum Gasteiger partial charge on any atom is -0.385 e. The molecule has 0 aliphatic carbocycles. The van der Waals surface area contributed by atoms with Crippen molar-refractivity contribution in [2.75, 3.05) is 11.9 Å². The highest BCUT2D eigenvalue weighted by Crippen LogP contribution is 2.37. The van der Waals surface area contributed by atoms with Crippen molar-refractivity contribution in [2.45, 2.75) is 59.3 Å². The Bertz CT molecular complexity index is 422. The Morgan fingerprint density at radius 3 is 1.83 bits per heavy atom. The summed E-state index contributed by atoms with van der Waals surface area (Å²) in [6, 6.07) is 4.34. The number of hydrogen-bond donors (Lipinski definition) is 1. The van der Waals surface area contributed by atoms with Crippen LogP contribution in [0.25, 0.3) is 0 Å². The van der Waals surface area contributed by atoms with Gasteiger partial charge in [0.1, 0.15) is 0 Å². The number of benzene rings is 1. The minimum absolute atomic E-state index is 0.128. The van der Waals surface area contributed by atoms with Crippen LogP contribution in [0.3, 0.4) is 0 Å². The maximum atomic E-state index is 3.79. The maximum Gasteiger partial charge on any atom is 0.0716 e. The summed E-state index contributed by atoms with van der Waals surface area (Å²) in [5.41, 5.74) is 4.35. The van der Waals surface area contributed by atoms with E-state index in [2.05, 4.69) is 76.2 Å². The van der Waals surface area contributed by atoms with Crippen molar-refractivity contribution in [3.05, 3.63) is 23.3 Å². The first-order valence-electron chi connectivity index (χ1n) is 6.72. The predicted octanol–water partition coefficient (Wildman–Crippen LogP) is 3.51. The number of rotatable bonds is 2. The molecule has 1 N–H and O–H groups in total. The minimum atomic E-state index is 0.128. The van der Waals surface area contributed by atoms with Gasteiger partial charge in [-0.2, -0.15) is 0 Å². The quantitative estimate of drug-likeness (QED) is 0.803. The smallest absolute Gasteiger partial charge is 0.0716 e. The van der Waals surface area contributed by atoms with Crippen LogP contribution in [0.2, 0.25) is 0 Å². The fraction of sp³-hybridized carbons (Fsp3) is 0.625. The third-order valence-electron chi connectivity index (χ3n) is 3.07. The first kappa shape index (κ1) is 15.3. The Hall–Kier alpha value is -0.763. The standard InChI is InChI=1S/C16H26NSi/c1-8-17-11-9-10-12(18)14(16(5,6)7)13(11)15(2,3)4/h9-10,17H,8H2,1-7H3. The lowest BCUT2D eigenvalue weighted by molar-refractivity contribution is 0.534. The van der Waals surface area contributed by atoms with Crippen LogP contribution in [-0.4, -0.2) is 16.8 Å². The van der Waals surface area contributed by atoms with Gasteiger partial charge in [-0.1, -0.05) is 52.8 Å². The lowest BCUT2D eigenvalue weighted by Gasteiger charge is -2.34. The Kier molecular flexibility index (Phi) is 4.32. The van der Waals surface area contributed by atoms with E-state index in [1.165, 1.54) is 22.0 Å². The molecular formula is C16H26NSi. The van der Waals surface area contributed by atoms with Gasteiger partial charge in [0.25, 0.3) is 0 Å². The third-order valence-corrected chi connectivity index (χ3v) is 3.49. The topological polar surface area (TPSA) is 12.0 Å². The number of anilines is 1. The fourth-order valence-corrected chi connectivity index (χ4v) is 3.08. The molecule has 99 valence electrons. The molecule has 0 fully saturated rings. The Labute approximate surface area is 116 Å². The summed E-state index contributed by atoms with van der Waals surface area (Å²) in [5, 5.41) is 4.70. The molecule has 0 heterocycles. The van der Waals surface area contributed by atoms with Crippen molar-refractivity contribution in [2.24, 2.45) is 0 Å². The second-order valence-corrected chi connectivity index (χ2v) is 7.48. The highest BCUT2D eigenvalue weighted by Gasteiger charge is 2.28. The second kappa shape index (κ2) is 5.08. The van der Waals surface area contributed by atoms with Crippen molar-refractivity contribution in [3.63, 3.8) is 0 Å². The van der Waals surface area contributed by atoms with E-state index in [4.69, 9.17) is 0 Å². The highest BCUT2D eigenvalue weighted by molar-refractivity contribution is 6.33. The van der Waals surface area contributed by atoms with Crippen LogP contribution in [0.4, 0.5) is 5.69 Å². The highest BCUT2D eigenvalue weighted by atomic mass is 28.1. The molecule has 18 heavy (non-hydrogen) atoms. The molecule has 1 nitrogen and oxygen atoms in total. The lowest BCUT2D eigenvalue weighted by atomic mass is 9.74. The van der Waals surface area contributed by atoms with Gasteiger partial charge >= 0.3 is 0 Å². The second-order valence-electron chi connectivity index (χ2n) is 6.94. The average molecular weight is 260 g/mol. The molecule has 2 heteroatoms. The van der Waals surface area contributed by atoms with Crippen molar-refractivity contribution in [1.82, 2.24) is 0 Å². The van der Waals surface area contributed by atoms with E-state index in [0.29, 0.717) is 0 Å². The Balaban J connectivity index is 3.62. The maximum absolute atomic E-state index is 3.79. The van der Waals surface area contributed by atoms with Gasteiger partial charge in [0.2, 0.25) is 0 Å². The summed E-state index contributed by atoms with van der Waals surface area (Å²) in [7, 11) is 3.79. The van der Waals surface area contributed by atoms with Crippen molar-refractivity contribution in [1.29, 1.82) is 0 Å². The molecule has 0 spiro atoms. The summed E-state index contributed by atoms with van der Waals surface area (Å²) >= 11 is 0. The van der Waals surface area contributed by atoms with Crippen molar-refractivity contribution in [3.8, 4) is 0 Å². The molecule has 1 aromatic carbocycles. The van der Waals surface area contributed by atoms with Crippen LogP contribution < -0.4 is 10.5 Å². The Morgan fingerprint density at radius 2 is 1.44 bits per heavy atom. The van der Waals surface area contributed by atoms with Crippen LogP contribution in [0, 0.1) is 0 Å². The molecule has 0 saturated carbocycles. The van der Waals surface area contributed by atoms with Gasteiger partial charge in [0.05, 0.1) is 10.2 Å². The van der Waals surface area contributed by atoms with E-state index < -0.39 is 0 Å². The third kappa shape index (κ3) is 3.17. The van der Waals surface area contributed by atoms with Crippen LogP contribution in [0.5, 0.6) is 0 Å². The van der Waals surface area contributed by atoms with Gasteiger partial charge in [-0.15, -0.1) is 0 Å². The van der Waals surface area contributed by atoms with Crippen molar-refractivity contribution < 1.29 is 0 Å². The van der Waals surface area contributed by atoms with Gasteiger partial charge in [-0.05, 0) is 34.9 Å². The normalized spacial score (nSPS) is 12.7. The summed E-state index contributed by atoms with van der Waals surface area (Å²) in [6.07, 6.45) is 0. The van der Waals surface area contributed by atoms with Gasteiger partial charge in [0.15, 0.2) is 0 Å². The van der Waals surface area contributed by atoms with Gasteiger partial charge < -0.3 is 5.32 Å². The van der Waals surface area contributed by atoms with E-state index >= 15 is 0 Å². The summed E-state index contributed by atoms with van der Waals surface area (Å²) in [4.78, 5) is 0. The zero-order valence-electron chi connectivity index (χ0n) is 12.9. The lowest BCUT2D eigenvalue weighted by Crippen LogP contribution is -2.31. The molecule has 0 unspecified atom stereocenters. The molecule has 0 saturated heterocycles. The molecule has 0 aliphatic rings. The molecular weight excluding hydrogens is 234 g/mol. The molecule has 0 bridgehead atoms. The van der Waals surface area contributed by atoms with E-state index in [0.717, 1.165) is 6.54 Å². The van der Waals surface area contributed by atoms with Gasteiger partial charge in [0, 0.05) is 12.2 Å².